The van der Waals surface area contributed by atoms with E-state index in [0.717, 1.165) is 0 Å². The molecule has 100 valence electrons. The molecule has 0 spiro atoms. The van der Waals surface area contributed by atoms with Crippen LogP contribution in [0.4, 0.5) is 5.82 Å². The second-order valence-corrected chi connectivity index (χ2v) is 7.30. The predicted molar refractivity (Wildman–Crippen MR) is 72.6 cm³/mol. The molecular formula is C10H15BrN4O2S. The fraction of sp³-hybridized carbons (Fsp3) is 0.500. The number of sulfonamides is 1. The summed E-state index contributed by atoms with van der Waals surface area (Å²) in [5.41, 5.74) is 5.64. The van der Waals surface area contributed by atoms with Crippen LogP contribution in [0.15, 0.2) is 21.6 Å². The van der Waals surface area contributed by atoms with E-state index in [0.29, 0.717) is 17.6 Å². The van der Waals surface area contributed by atoms with Crippen molar-refractivity contribution in [3.63, 3.8) is 0 Å². The van der Waals surface area contributed by atoms with Crippen LogP contribution < -0.4 is 5.73 Å². The topological polar surface area (TPSA) is 79.5 Å². The molecule has 1 aliphatic heterocycles. The first-order chi connectivity index (χ1) is 8.32. The lowest BCUT2D eigenvalue weighted by Gasteiger charge is -2.41. The number of halogens is 1. The molecule has 0 aromatic carbocycles. The molecule has 1 saturated heterocycles. The van der Waals surface area contributed by atoms with Gasteiger partial charge in [0.05, 0.1) is 0 Å². The lowest BCUT2D eigenvalue weighted by atomic mass is 10.2. The number of rotatable bonds is 3. The minimum Gasteiger partial charge on any atom is -0.383 e. The maximum absolute atomic E-state index is 12.3. The number of nitrogen functional groups attached to an aromatic ring is 1. The number of hydrogen-bond acceptors (Lipinski definition) is 5. The number of pyridine rings is 1. The van der Waals surface area contributed by atoms with Crippen molar-refractivity contribution in [3.05, 3.63) is 16.7 Å². The molecule has 0 radical (unpaired) electrons. The van der Waals surface area contributed by atoms with Crippen molar-refractivity contribution in [2.45, 2.75) is 10.9 Å². The first-order valence-electron chi connectivity index (χ1n) is 5.40. The Morgan fingerprint density at radius 3 is 2.67 bits per heavy atom. The minimum absolute atomic E-state index is 0.0338. The number of aromatic nitrogens is 1. The molecule has 2 heterocycles. The maximum Gasteiger partial charge on any atom is 0.246 e. The Morgan fingerprint density at radius 2 is 2.11 bits per heavy atom. The van der Waals surface area contributed by atoms with Crippen LogP contribution in [0.2, 0.25) is 0 Å². The highest BCUT2D eigenvalue weighted by molar-refractivity contribution is 9.10. The summed E-state index contributed by atoms with van der Waals surface area (Å²) in [5, 5.41) is 0. The van der Waals surface area contributed by atoms with E-state index in [-0.39, 0.29) is 16.8 Å². The molecular weight excluding hydrogens is 320 g/mol. The summed E-state index contributed by atoms with van der Waals surface area (Å²) in [7, 11) is 0.336. The third kappa shape index (κ3) is 2.37. The van der Waals surface area contributed by atoms with Crippen LogP contribution in [-0.2, 0) is 10.0 Å². The zero-order chi connectivity index (χ0) is 13.5. The highest BCUT2D eigenvalue weighted by Gasteiger charge is 2.38. The van der Waals surface area contributed by atoms with Crippen LogP contribution in [0.1, 0.15) is 0 Å². The zero-order valence-electron chi connectivity index (χ0n) is 10.2. The Balaban J connectivity index is 2.25. The van der Waals surface area contributed by atoms with Gasteiger partial charge < -0.3 is 10.6 Å². The average molecular weight is 335 g/mol. The van der Waals surface area contributed by atoms with Gasteiger partial charge in [-0.3, -0.25) is 0 Å². The van der Waals surface area contributed by atoms with Gasteiger partial charge in [-0.2, -0.15) is 4.31 Å². The molecule has 0 bridgehead atoms. The molecule has 0 amide bonds. The van der Waals surface area contributed by atoms with Gasteiger partial charge in [-0.15, -0.1) is 0 Å². The first kappa shape index (κ1) is 13.7. The van der Waals surface area contributed by atoms with E-state index in [1.165, 1.54) is 16.6 Å². The van der Waals surface area contributed by atoms with Gasteiger partial charge in [0.15, 0.2) is 0 Å². The largest absolute Gasteiger partial charge is 0.383 e. The van der Waals surface area contributed by atoms with Gasteiger partial charge in [0, 0.05) is 29.8 Å². The number of hydrogen-bond donors (Lipinski definition) is 1. The van der Waals surface area contributed by atoms with Gasteiger partial charge in [0.1, 0.15) is 10.7 Å². The maximum atomic E-state index is 12.3. The van der Waals surface area contributed by atoms with E-state index in [1.807, 2.05) is 19.0 Å². The summed E-state index contributed by atoms with van der Waals surface area (Å²) >= 11 is 3.20. The summed E-state index contributed by atoms with van der Waals surface area (Å²) in [5.74, 6) is 0.0338. The molecule has 18 heavy (non-hydrogen) atoms. The van der Waals surface area contributed by atoms with Crippen LogP contribution >= 0.6 is 15.9 Å². The van der Waals surface area contributed by atoms with Gasteiger partial charge in [-0.05, 0) is 36.1 Å². The number of anilines is 1. The molecule has 1 fully saturated rings. The van der Waals surface area contributed by atoms with E-state index >= 15 is 0 Å². The van der Waals surface area contributed by atoms with Crippen molar-refractivity contribution in [1.82, 2.24) is 14.2 Å². The number of nitrogens with zero attached hydrogens (tertiary/aromatic N) is 3. The van der Waals surface area contributed by atoms with Crippen molar-refractivity contribution >= 4 is 31.8 Å². The second kappa shape index (κ2) is 4.76. The zero-order valence-corrected chi connectivity index (χ0v) is 12.6. The van der Waals surface area contributed by atoms with Gasteiger partial charge in [-0.1, -0.05) is 0 Å². The lowest BCUT2D eigenvalue weighted by molar-refractivity contribution is 0.134. The van der Waals surface area contributed by atoms with Crippen molar-refractivity contribution in [1.29, 1.82) is 0 Å². The van der Waals surface area contributed by atoms with Gasteiger partial charge >= 0.3 is 0 Å². The Bertz CT molecular complexity index is 555. The van der Waals surface area contributed by atoms with E-state index in [9.17, 15) is 8.42 Å². The molecule has 0 unspecified atom stereocenters. The van der Waals surface area contributed by atoms with Crippen LogP contribution in [0.3, 0.4) is 0 Å². The van der Waals surface area contributed by atoms with Crippen LogP contribution in [0.25, 0.3) is 0 Å². The lowest BCUT2D eigenvalue weighted by Crippen LogP contribution is -2.59. The van der Waals surface area contributed by atoms with Crippen LogP contribution in [0, 0.1) is 0 Å². The van der Waals surface area contributed by atoms with E-state index in [4.69, 9.17) is 5.73 Å². The number of likely N-dealkylation sites (N-methyl/N-ethyl adjacent to an activating group) is 1. The van der Waals surface area contributed by atoms with Crippen LogP contribution in [-0.4, -0.2) is 55.8 Å². The smallest absolute Gasteiger partial charge is 0.246 e. The highest BCUT2D eigenvalue weighted by atomic mass is 79.9. The molecule has 0 saturated carbocycles. The van der Waals surface area contributed by atoms with Crippen molar-refractivity contribution in [2.75, 3.05) is 32.9 Å². The monoisotopic (exact) mass is 334 g/mol. The van der Waals surface area contributed by atoms with Crippen molar-refractivity contribution < 1.29 is 8.42 Å². The fourth-order valence-electron chi connectivity index (χ4n) is 1.72. The van der Waals surface area contributed by atoms with Gasteiger partial charge in [0.25, 0.3) is 0 Å². The van der Waals surface area contributed by atoms with E-state index in [2.05, 4.69) is 20.9 Å². The fourth-order valence-corrected chi connectivity index (χ4v) is 3.81. The molecule has 1 aromatic heterocycles. The molecule has 1 aromatic rings. The Kier molecular flexibility index (Phi) is 3.63. The van der Waals surface area contributed by atoms with Crippen molar-refractivity contribution in [3.8, 4) is 0 Å². The third-order valence-electron chi connectivity index (χ3n) is 3.03. The summed E-state index contributed by atoms with van der Waals surface area (Å²) in [4.78, 5) is 5.93. The molecule has 1 aliphatic rings. The summed E-state index contributed by atoms with van der Waals surface area (Å²) in [6, 6.07) is 1.75. The first-order valence-corrected chi connectivity index (χ1v) is 7.63. The summed E-state index contributed by atoms with van der Waals surface area (Å²) in [6.45, 7) is 0.975. The quantitative estimate of drug-likeness (QED) is 0.863. The Morgan fingerprint density at radius 1 is 1.50 bits per heavy atom. The minimum atomic E-state index is -3.53. The number of nitrogens with two attached hydrogens (primary N) is 1. The second-order valence-electron chi connectivity index (χ2n) is 4.48. The van der Waals surface area contributed by atoms with Crippen LogP contribution in [0.5, 0.6) is 0 Å². The van der Waals surface area contributed by atoms with Gasteiger partial charge in [0.2, 0.25) is 10.0 Å². The van der Waals surface area contributed by atoms with E-state index < -0.39 is 10.0 Å². The Labute approximate surface area is 115 Å². The SMILES string of the molecule is CN(C)C1CN(S(=O)(=O)c2cc(Br)cnc2N)C1. The molecule has 6 nitrogen and oxygen atoms in total. The average Bonchev–Trinajstić information content (AvgIpc) is 2.18. The third-order valence-corrected chi connectivity index (χ3v) is 5.32. The standard InChI is InChI=1S/C10H15BrN4O2S/c1-14(2)8-5-15(6-8)18(16,17)9-3-7(11)4-13-10(9)12/h3-4,8H,5-6H2,1-2H3,(H2,12,13). The normalized spacial score (nSPS) is 18.0. The van der Waals surface area contributed by atoms with E-state index in [1.54, 1.807) is 0 Å². The molecule has 2 rings (SSSR count). The predicted octanol–water partition coefficient (Wildman–Crippen LogP) is 0.361. The molecule has 0 atom stereocenters. The molecule has 8 heteroatoms. The Hall–Kier alpha value is -0.700. The van der Waals surface area contributed by atoms with Crippen molar-refractivity contribution in [2.24, 2.45) is 0 Å². The molecule has 0 aliphatic carbocycles. The molecule has 2 N–H and O–H groups in total. The summed E-state index contributed by atoms with van der Waals surface area (Å²) in [6.07, 6.45) is 1.48. The van der Waals surface area contributed by atoms with Gasteiger partial charge in [-0.25, -0.2) is 13.4 Å². The highest BCUT2D eigenvalue weighted by Crippen LogP contribution is 2.27. The summed E-state index contributed by atoms with van der Waals surface area (Å²) < 4.78 is 26.7.